The van der Waals surface area contributed by atoms with Gasteiger partial charge in [-0.25, -0.2) is 0 Å². The highest BCUT2D eigenvalue weighted by molar-refractivity contribution is 5.81. The molecule has 13 heavy (non-hydrogen) atoms. The van der Waals surface area contributed by atoms with Crippen molar-refractivity contribution in [2.75, 3.05) is 0 Å². The summed E-state index contributed by atoms with van der Waals surface area (Å²) in [6.45, 7) is 1.98. The fourth-order valence-corrected chi connectivity index (χ4v) is 1.20. The summed E-state index contributed by atoms with van der Waals surface area (Å²) in [5, 5.41) is 12.2. The summed E-state index contributed by atoms with van der Waals surface area (Å²) < 4.78 is 0. The Bertz CT molecular complexity index is 180. The molecule has 0 spiro atoms. The molecule has 1 aliphatic rings. The molecule has 1 rings (SSSR count). The Kier molecular flexibility index (Phi) is 3.69. The van der Waals surface area contributed by atoms with E-state index in [1.54, 1.807) is 0 Å². The molecule has 0 radical (unpaired) electrons. The molecule has 4 heteroatoms. The van der Waals surface area contributed by atoms with Crippen LogP contribution in [0, 0.1) is 0 Å². The SMILES string of the molecule is CCC[C@H](N)C(O)C(=O)NC1CC1. The van der Waals surface area contributed by atoms with E-state index in [1.165, 1.54) is 0 Å². The number of nitrogens with one attached hydrogen (secondary N) is 1. The first-order chi connectivity index (χ1) is 6.15. The minimum Gasteiger partial charge on any atom is -0.382 e. The standard InChI is InChI=1S/C9H18N2O2/c1-2-3-7(10)8(12)9(13)11-6-4-5-6/h6-8,12H,2-5,10H2,1H3,(H,11,13)/t7-,8?/m0/s1. The summed E-state index contributed by atoms with van der Waals surface area (Å²) in [4.78, 5) is 11.3. The van der Waals surface area contributed by atoms with Crippen LogP contribution in [0.25, 0.3) is 0 Å². The highest BCUT2D eigenvalue weighted by atomic mass is 16.3. The van der Waals surface area contributed by atoms with Crippen molar-refractivity contribution in [1.29, 1.82) is 0 Å². The van der Waals surface area contributed by atoms with E-state index in [4.69, 9.17) is 5.73 Å². The lowest BCUT2D eigenvalue weighted by Crippen LogP contribution is -2.46. The number of aliphatic hydroxyl groups is 1. The Morgan fingerprint density at radius 3 is 2.77 bits per heavy atom. The third-order valence-corrected chi connectivity index (χ3v) is 2.22. The predicted octanol–water partition coefficient (Wildman–Crippen LogP) is -0.247. The maximum Gasteiger partial charge on any atom is 0.250 e. The molecule has 0 heterocycles. The maximum absolute atomic E-state index is 11.3. The molecular formula is C9H18N2O2. The summed E-state index contributed by atoms with van der Waals surface area (Å²) in [6, 6.07) is -0.139. The number of hydrogen-bond donors (Lipinski definition) is 3. The van der Waals surface area contributed by atoms with Crippen molar-refractivity contribution >= 4 is 5.91 Å². The molecule has 4 nitrogen and oxygen atoms in total. The van der Waals surface area contributed by atoms with Gasteiger partial charge in [-0.3, -0.25) is 4.79 Å². The lowest BCUT2D eigenvalue weighted by molar-refractivity contribution is -0.130. The fraction of sp³-hybridized carbons (Fsp3) is 0.889. The Labute approximate surface area is 78.5 Å². The van der Waals surface area contributed by atoms with Crippen molar-refractivity contribution in [3.63, 3.8) is 0 Å². The second-order valence-electron chi connectivity index (χ2n) is 3.68. The predicted molar refractivity (Wildman–Crippen MR) is 50.1 cm³/mol. The summed E-state index contributed by atoms with van der Waals surface area (Å²) in [5.74, 6) is -0.316. The number of carbonyl (C=O) groups is 1. The van der Waals surface area contributed by atoms with Crippen LogP contribution in [-0.4, -0.2) is 29.2 Å². The van der Waals surface area contributed by atoms with Gasteiger partial charge in [-0.1, -0.05) is 13.3 Å². The van der Waals surface area contributed by atoms with Crippen LogP contribution in [0.5, 0.6) is 0 Å². The van der Waals surface area contributed by atoms with E-state index < -0.39 is 12.1 Å². The van der Waals surface area contributed by atoms with Crippen molar-refractivity contribution in [1.82, 2.24) is 5.32 Å². The molecule has 0 aliphatic heterocycles. The van der Waals surface area contributed by atoms with Crippen molar-refractivity contribution in [2.24, 2.45) is 5.73 Å². The van der Waals surface area contributed by atoms with Gasteiger partial charge in [0.1, 0.15) is 6.10 Å². The molecule has 1 amide bonds. The quantitative estimate of drug-likeness (QED) is 0.554. The highest BCUT2D eigenvalue weighted by Gasteiger charge is 2.28. The number of nitrogens with two attached hydrogens (primary N) is 1. The van der Waals surface area contributed by atoms with Crippen molar-refractivity contribution in [3.8, 4) is 0 Å². The van der Waals surface area contributed by atoms with Gasteiger partial charge in [-0.2, -0.15) is 0 Å². The topological polar surface area (TPSA) is 75.3 Å². The maximum atomic E-state index is 11.3. The Balaban J connectivity index is 2.26. The first-order valence-electron chi connectivity index (χ1n) is 4.89. The lowest BCUT2D eigenvalue weighted by Gasteiger charge is -2.17. The third kappa shape index (κ3) is 3.32. The number of amides is 1. The van der Waals surface area contributed by atoms with Crippen molar-refractivity contribution in [2.45, 2.75) is 50.8 Å². The average Bonchev–Trinajstić information content (AvgIpc) is 2.87. The molecule has 2 atom stereocenters. The Hall–Kier alpha value is -0.610. The molecule has 0 aromatic rings. The summed E-state index contributed by atoms with van der Waals surface area (Å²) in [6.07, 6.45) is 2.58. The zero-order chi connectivity index (χ0) is 9.84. The number of carbonyl (C=O) groups excluding carboxylic acids is 1. The van der Waals surface area contributed by atoms with E-state index in [0.29, 0.717) is 6.42 Å². The van der Waals surface area contributed by atoms with Crippen LogP contribution in [-0.2, 0) is 4.79 Å². The van der Waals surface area contributed by atoms with E-state index in [1.807, 2.05) is 6.92 Å². The Morgan fingerprint density at radius 1 is 1.69 bits per heavy atom. The minimum absolute atomic E-state index is 0.288. The molecule has 0 aromatic carbocycles. The second-order valence-corrected chi connectivity index (χ2v) is 3.68. The fourth-order valence-electron chi connectivity index (χ4n) is 1.20. The second kappa shape index (κ2) is 4.58. The van der Waals surface area contributed by atoms with Gasteiger partial charge in [0.05, 0.1) is 0 Å². The zero-order valence-electron chi connectivity index (χ0n) is 7.99. The van der Waals surface area contributed by atoms with Gasteiger partial charge >= 0.3 is 0 Å². The largest absolute Gasteiger partial charge is 0.382 e. The Morgan fingerprint density at radius 2 is 2.31 bits per heavy atom. The summed E-state index contributed by atoms with van der Waals surface area (Å²) in [5.41, 5.74) is 5.61. The van der Waals surface area contributed by atoms with Gasteiger partial charge in [0.15, 0.2) is 0 Å². The van der Waals surface area contributed by atoms with Gasteiger partial charge in [0, 0.05) is 12.1 Å². The molecule has 76 valence electrons. The van der Waals surface area contributed by atoms with E-state index in [0.717, 1.165) is 19.3 Å². The van der Waals surface area contributed by atoms with Gasteiger partial charge in [0.25, 0.3) is 5.91 Å². The third-order valence-electron chi connectivity index (χ3n) is 2.22. The van der Waals surface area contributed by atoms with E-state index in [9.17, 15) is 9.90 Å². The average molecular weight is 186 g/mol. The molecule has 0 aromatic heterocycles. The summed E-state index contributed by atoms with van der Waals surface area (Å²) >= 11 is 0. The van der Waals surface area contributed by atoms with Crippen LogP contribution in [0.15, 0.2) is 0 Å². The van der Waals surface area contributed by atoms with Crippen LogP contribution in [0.4, 0.5) is 0 Å². The summed E-state index contributed by atoms with van der Waals surface area (Å²) in [7, 11) is 0. The normalized spacial score (nSPS) is 20.8. The van der Waals surface area contributed by atoms with Crippen LogP contribution < -0.4 is 11.1 Å². The van der Waals surface area contributed by atoms with Crippen LogP contribution in [0.1, 0.15) is 32.6 Å². The van der Waals surface area contributed by atoms with Gasteiger partial charge in [0.2, 0.25) is 0 Å². The molecule has 1 aliphatic carbocycles. The van der Waals surface area contributed by atoms with Crippen LogP contribution in [0.3, 0.4) is 0 Å². The molecule has 1 fully saturated rings. The molecule has 0 saturated heterocycles. The first kappa shape index (κ1) is 10.5. The number of rotatable bonds is 5. The van der Waals surface area contributed by atoms with Crippen LogP contribution >= 0.6 is 0 Å². The van der Waals surface area contributed by atoms with Gasteiger partial charge < -0.3 is 16.2 Å². The van der Waals surface area contributed by atoms with E-state index >= 15 is 0 Å². The lowest BCUT2D eigenvalue weighted by atomic mass is 10.1. The first-order valence-corrected chi connectivity index (χ1v) is 4.89. The van der Waals surface area contributed by atoms with Crippen molar-refractivity contribution < 1.29 is 9.90 Å². The highest BCUT2D eigenvalue weighted by Crippen LogP contribution is 2.18. The number of hydrogen-bond acceptors (Lipinski definition) is 3. The minimum atomic E-state index is -1.04. The number of aliphatic hydroxyl groups excluding tert-OH is 1. The molecular weight excluding hydrogens is 168 g/mol. The molecule has 1 unspecified atom stereocenters. The molecule has 0 bridgehead atoms. The van der Waals surface area contributed by atoms with Gasteiger partial charge in [-0.15, -0.1) is 0 Å². The molecule has 4 N–H and O–H groups in total. The smallest absolute Gasteiger partial charge is 0.250 e. The van der Waals surface area contributed by atoms with E-state index in [-0.39, 0.29) is 11.9 Å². The monoisotopic (exact) mass is 186 g/mol. The van der Waals surface area contributed by atoms with Gasteiger partial charge in [-0.05, 0) is 19.3 Å². The van der Waals surface area contributed by atoms with Crippen LogP contribution in [0.2, 0.25) is 0 Å². The zero-order valence-corrected chi connectivity index (χ0v) is 7.99. The molecule has 1 saturated carbocycles. The van der Waals surface area contributed by atoms with Crippen molar-refractivity contribution in [3.05, 3.63) is 0 Å². The van der Waals surface area contributed by atoms with E-state index in [2.05, 4.69) is 5.32 Å².